The molecule has 4 rings (SSSR count). The standard InChI is InChI=1S/C24H40O7S.2Na/c1-14(4-7-21(26)27)17-5-6-18-22-19(9-11-24(17,18)3)23(2)10-8-16(31-32(28,29)30)12-15(23)13-20(22)25;;/h14-20,22,25H,4-13H2,1-3H3,(H,26,27)(H,28,29,30);;/q;2*+1/p-2/t14-,15+,16-,17-,18+,19+,20-,22+,23+,24-;;/m1../s1. The molecule has 0 heterocycles. The average molecular weight is 517 g/mol. The maximum Gasteiger partial charge on any atom is 1.00 e. The van der Waals surface area contributed by atoms with Gasteiger partial charge in [-0.2, -0.15) is 0 Å². The first-order valence-corrected chi connectivity index (χ1v) is 13.7. The van der Waals surface area contributed by atoms with E-state index in [0.29, 0.717) is 49.4 Å². The first-order valence-electron chi connectivity index (χ1n) is 12.4. The number of hydrogen-bond donors (Lipinski definition) is 1. The molecule has 0 aliphatic heterocycles. The Kier molecular flexibility index (Phi) is 10.7. The second-order valence-corrected chi connectivity index (χ2v) is 12.8. The number of carboxylic acids is 1. The third-order valence-electron chi connectivity index (χ3n) is 10.5. The zero-order chi connectivity index (χ0) is 23.5. The molecule has 0 spiro atoms. The van der Waals surface area contributed by atoms with Crippen LogP contribution in [0.2, 0.25) is 0 Å². The molecule has 4 fully saturated rings. The van der Waals surface area contributed by atoms with Crippen molar-refractivity contribution in [1.82, 2.24) is 0 Å². The fourth-order valence-corrected chi connectivity index (χ4v) is 9.47. The second-order valence-electron chi connectivity index (χ2n) is 11.8. The van der Waals surface area contributed by atoms with Crippen molar-refractivity contribution in [2.75, 3.05) is 0 Å². The molecule has 7 nitrogen and oxygen atoms in total. The molecule has 0 bridgehead atoms. The molecule has 0 radical (unpaired) electrons. The molecular formula is C24H38Na2O7S. The Bertz CT molecular complexity index is 839. The molecule has 10 heteroatoms. The van der Waals surface area contributed by atoms with Gasteiger partial charge in [0.05, 0.1) is 12.2 Å². The van der Waals surface area contributed by atoms with Gasteiger partial charge in [-0.3, -0.25) is 4.18 Å². The summed E-state index contributed by atoms with van der Waals surface area (Å²) in [4.78, 5) is 11.0. The molecular weight excluding hydrogens is 478 g/mol. The van der Waals surface area contributed by atoms with E-state index in [9.17, 15) is 28.0 Å². The van der Waals surface area contributed by atoms with Crippen molar-refractivity contribution >= 4 is 16.4 Å². The summed E-state index contributed by atoms with van der Waals surface area (Å²) in [5, 5.41) is 22.3. The second kappa shape index (κ2) is 11.6. The van der Waals surface area contributed by atoms with Crippen molar-refractivity contribution in [1.29, 1.82) is 0 Å². The summed E-state index contributed by atoms with van der Waals surface area (Å²) in [6, 6.07) is 0. The topological polar surface area (TPSA) is 127 Å². The number of fused-ring (bicyclic) bond motifs is 5. The largest absolute Gasteiger partial charge is 1.00 e. The summed E-state index contributed by atoms with van der Waals surface area (Å²) >= 11 is 0. The molecule has 0 aromatic heterocycles. The maximum atomic E-state index is 11.3. The molecule has 34 heavy (non-hydrogen) atoms. The van der Waals surface area contributed by atoms with Gasteiger partial charge in [0.1, 0.15) is 0 Å². The van der Waals surface area contributed by atoms with Crippen LogP contribution in [0, 0.1) is 46.3 Å². The van der Waals surface area contributed by atoms with Crippen LogP contribution in [0.5, 0.6) is 0 Å². The van der Waals surface area contributed by atoms with Crippen LogP contribution in [0.4, 0.5) is 0 Å². The fourth-order valence-electron chi connectivity index (χ4n) is 8.96. The van der Waals surface area contributed by atoms with Gasteiger partial charge < -0.3 is 19.6 Å². The number of aliphatic carboxylic acids is 1. The Balaban J connectivity index is 0.00000204. The van der Waals surface area contributed by atoms with Gasteiger partial charge in [0.25, 0.3) is 0 Å². The number of carbonyl (C=O) groups is 1. The van der Waals surface area contributed by atoms with Crippen molar-refractivity contribution in [3.63, 3.8) is 0 Å². The predicted molar refractivity (Wildman–Crippen MR) is 115 cm³/mol. The molecule has 0 amide bonds. The number of rotatable bonds is 6. The van der Waals surface area contributed by atoms with Gasteiger partial charge in [-0.15, -0.1) is 0 Å². The first kappa shape index (κ1) is 31.5. The monoisotopic (exact) mass is 516 g/mol. The van der Waals surface area contributed by atoms with Gasteiger partial charge in [-0.05, 0) is 111 Å². The van der Waals surface area contributed by atoms with Gasteiger partial charge in [-0.25, -0.2) is 8.42 Å². The van der Waals surface area contributed by atoms with Crippen LogP contribution < -0.4 is 64.2 Å². The molecule has 0 saturated heterocycles. The van der Waals surface area contributed by atoms with E-state index in [1.54, 1.807) is 0 Å². The van der Waals surface area contributed by atoms with E-state index >= 15 is 0 Å². The van der Waals surface area contributed by atoms with E-state index in [4.69, 9.17) is 4.18 Å². The number of hydrogen-bond acceptors (Lipinski definition) is 7. The fraction of sp³-hybridized carbons (Fsp3) is 0.958. The molecule has 4 saturated carbocycles. The van der Waals surface area contributed by atoms with Crippen molar-refractivity contribution in [2.45, 2.75) is 97.2 Å². The van der Waals surface area contributed by atoms with Crippen LogP contribution >= 0.6 is 0 Å². The third-order valence-corrected chi connectivity index (χ3v) is 11.0. The Labute approximate surface area is 249 Å². The minimum Gasteiger partial charge on any atom is -0.726 e. The number of aliphatic hydroxyl groups is 1. The molecule has 0 aromatic carbocycles. The Morgan fingerprint density at radius 3 is 2.29 bits per heavy atom. The normalized spacial score (nSPS) is 44.4. The third kappa shape index (κ3) is 5.97. The molecule has 4 aliphatic carbocycles. The van der Waals surface area contributed by atoms with Crippen LogP contribution in [0.25, 0.3) is 0 Å². The van der Waals surface area contributed by atoms with Gasteiger partial charge in [0.2, 0.25) is 10.4 Å². The molecule has 184 valence electrons. The summed E-state index contributed by atoms with van der Waals surface area (Å²) in [5.41, 5.74) is 0.143. The first-order chi connectivity index (χ1) is 14.8. The number of carbonyl (C=O) groups excluding carboxylic acids is 1. The Morgan fingerprint density at radius 2 is 1.68 bits per heavy atom. The summed E-state index contributed by atoms with van der Waals surface area (Å²) in [6.45, 7) is 6.85. The van der Waals surface area contributed by atoms with Gasteiger partial charge in [-0.1, -0.05) is 20.8 Å². The molecule has 10 atom stereocenters. The van der Waals surface area contributed by atoms with E-state index in [0.717, 1.165) is 32.1 Å². The summed E-state index contributed by atoms with van der Waals surface area (Å²) in [7, 11) is -4.72. The molecule has 0 unspecified atom stereocenters. The summed E-state index contributed by atoms with van der Waals surface area (Å²) in [5.74, 6) is 1.02. The predicted octanol–water partition coefficient (Wildman–Crippen LogP) is -3.36. The van der Waals surface area contributed by atoms with E-state index in [-0.39, 0.29) is 88.2 Å². The van der Waals surface area contributed by atoms with Crippen LogP contribution in [-0.4, -0.2) is 36.3 Å². The number of aliphatic hydroxyl groups excluding tert-OH is 1. The van der Waals surface area contributed by atoms with E-state index in [1.807, 2.05) is 0 Å². The molecule has 0 aromatic rings. The minimum absolute atomic E-state index is 0. The van der Waals surface area contributed by atoms with Crippen molar-refractivity contribution in [2.24, 2.45) is 46.3 Å². The van der Waals surface area contributed by atoms with Gasteiger partial charge in [0, 0.05) is 5.97 Å². The minimum atomic E-state index is -4.72. The molecule has 4 aliphatic rings. The van der Waals surface area contributed by atoms with E-state index in [2.05, 4.69) is 20.8 Å². The van der Waals surface area contributed by atoms with E-state index < -0.39 is 28.6 Å². The SMILES string of the molecule is C[C@H](CCC(=O)[O-])[C@H]1CC[C@H]2[C@@H]3[C@H](O)C[C@@H]4C[C@H](OS(=O)(=O)[O-])CC[C@]4(C)[C@H]3CC[C@]12C.[Na+].[Na+]. The van der Waals surface area contributed by atoms with Gasteiger partial charge in [0.15, 0.2) is 0 Å². The number of carboxylic acid groups (broad SMARTS) is 1. The van der Waals surface area contributed by atoms with E-state index in [1.165, 1.54) is 0 Å². The summed E-state index contributed by atoms with van der Waals surface area (Å²) < 4.78 is 38.1. The average Bonchev–Trinajstić information content (AvgIpc) is 3.03. The van der Waals surface area contributed by atoms with Crippen LogP contribution in [-0.2, 0) is 19.4 Å². The van der Waals surface area contributed by atoms with Crippen molar-refractivity contribution in [3.05, 3.63) is 0 Å². The zero-order valence-electron chi connectivity index (χ0n) is 21.5. The molecule has 1 N–H and O–H groups in total. The summed E-state index contributed by atoms with van der Waals surface area (Å²) in [6.07, 6.45) is 6.58. The zero-order valence-corrected chi connectivity index (χ0v) is 26.3. The quantitative estimate of drug-likeness (QED) is 0.222. The van der Waals surface area contributed by atoms with Gasteiger partial charge >= 0.3 is 59.1 Å². The maximum absolute atomic E-state index is 11.3. The Morgan fingerprint density at radius 1 is 1.06 bits per heavy atom. The van der Waals surface area contributed by atoms with Crippen LogP contribution in [0.15, 0.2) is 0 Å². The van der Waals surface area contributed by atoms with Crippen molar-refractivity contribution < 1.29 is 91.3 Å². The van der Waals surface area contributed by atoms with Crippen LogP contribution in [0.1, 0.15) is 85.0 Å². The Hall–Kier alpha value is 1.30. The van der Waals surface area contributed by atoms with Crippen LogP contribution in [0.3, 0.4) is 0 Å². The van der Waals surface area contributed by atoms with Crippen molar-refractivity contribution in [3.8, 4) is 0 Å². The smallest absolute Gasteiger partial charge is 0.726 e.